The van der Waals surface area contributed by atoms with Gasteiger partial charge < -0.3 is 15.1 Å². The van der Waals surface area contributed by atoms with Crippen LogP contribution in [0, 0.1) is 11.8 Å². The zero-order valence-electron chi connectivity index (χ0n) is 20.3. The second kappa shape index (κ2) is 11.0. The fourth-order valence-electron chi connectivity index (χ4n) is 7.40. The molecule has 5 heterocycles. The van der Waals surface area contributed by atoms with Gasteiger partial charge in [-0.15, -0.1) is 11.6 Å². The van der Waals surface area contributed by atoms with E-state index in [0.29, 0.717) is 25.4 Å². The predicted octanol–water partition coefficient (Wildman–Crippen LogP) is -0.560. The fourth-order valence-corrected chi connectivity index (χ4v) is 9.21. The van der Waals surface area contributed by atoms with Gasteiger partial charge in [-0.1, -0.05) is 0 Å². The summed E-state index contributed by atoms with van der Waals surface area (Å²) < 4.78 is 28.7. The molecule has 0 aromatic rings. The number of piperazine rings is 1. The highest BCUT2D eigenvalue weighted by molar-refractivity contribution is 7.90. The van der Waals surface area contributed by atoms with Crippen LogP contribution in [0.1, 0.15) is 57.8 Å². The van der Waals surface area contributed by atoms with Gasteiger partial charge in [0, 0.05) is 63.3 Å². The molecule has 2 bridgehead atoms. The summed E-state index contributed by atoms with van der Waals surface area (Å²) in [6.45, 7) is 10.5. The van der Waals surface area contributed by atoms with Crippen LogP contribution in [0.15, 0.2) is 0 Å². The van der Waals surface area contributed by atoms with Crippen molar-refractivity contribution >= 4 is 21.6 Å². The summed E-state index contributed by atoms with van der Waals surface area (Å²) in [5.41, 5.74) is 0. The van der Waals surface area contributed by atoms with E-state index in [-0.39, 0.29) is 10.6 Å². The lowest BCUT2D eigenvalue weighted by Crippen LogP contribution is -3.20. The fraction of sp³-hybridized carbons (Fsp3) is 1.00. The maximum absolute atomic E-state index is 12.8. The minimum atomic E-state index is -3.21. The van der Waals surface area contributed by atoms with E-state index < -0.39 is 10.0 Å². The van der Waals surface area contributed by atoms with Gasteiger partial charge in [0.25, 0.3) is 0 Å². The van der Waals surface area contributed by atoms with Gasteiger partial charge in [0.1, 0.15) is 12.2 Å². The smallest absolute Gasteiger partial charge is 0.214 e. The Kier molecular flexibility index (Phi) is 8.22. The third-order valence-electron chi connectivity index (χ3n) is 9.53. The van der Waals surface area contributed by atoms with E-state index in [4.69, 9.17) is 11.6 Å². The SMILES string of the molecule is O=S(=O)(NCC1CC2CC[NH+]1CC2CN1CCN(C2CCCC[NH2+]2)CC1)C1CCC(Cl)CC1. The summed E-state index contributed by atoms with van der Waals surface area (Å²) in [7, 11) is -3.21. The highest BCUT2D eigenvalue weighted by Crippen LogP contribution is 2.29. The molecule has 9 heteroatoms. The van der Waals surface area contributed by atoms with Gasteiger partial charge in [-0.05, 0) is 44.4 Å². The van der Waals surface area contributed by atoms with Crippen molar-refractivity contribution in [2.24, 2.45) is 11.8 Å². The first-order valence-corrected chi connectivity index (χ1v) is 15.7. The number of fused-ring (bicyclic) bond motifs is 3. The van der Waals surface area contributed by atoms with Crippen molar-refractivity contribution in [2.75, 3.05) is 58.9 Å². The Bertz CT molecular complexity index is 733. The van der Waals surface area contributed by atoms with E-state index >= 15 is 0 Å². The molecule has 0 spiro atoms. The molecule has 6 aliphatic rings. The van der Waals surface area contributed by atoms with Crippen LogP contribution in [0.2, 0.25) is 0 Å². The zero-order valence-corrected chi connectivity index (χ0v) is 21.8. The first-order chi connectivity index (χ1) is 16.0. The van der Waals surface area contributed by atoms with E-state index in [0.717, 1.165) is 30.8 Å². The number of piperidine rings is 4. The molecule has 33 heavy (non-hydrogen) atoms. The maximum Gasteiger partial charge on any atom is 0.214 e. The third kappa shape index (κ3) is 6.07. The van der Waals surface area contributed by atoms with Crippen molar-refractivity contribution < 1.29 is 18.6 Å². The average Bonchev–Trinajstić information content (AvgIpc) is 2.85. The Morgan fingerprint density at radius 3 is 2.45 bits per heavy atom. The van der Waals surface area contributed by atoms with Crippen LogP contribution < -0.4 is 14.9 Å². The summed E-state index contributed by atoms with van der Waals surface area (Å²) in [6.07, 6.45) is 10.5. The minimum absolute atomic E-state index is 0.159. The molecule has 1 aliphatic carbocycles. The third-order valence-corrected chi connectivity index (χ3v) is 11.9. The molecular formula is C24H46ClN5O2S+2. The average molecular weight is 504 g/mol. The molecule has 190 valence electrons. The Labute approximate surface area is 206 Å². The van der Waals surface area contributed by atoms with Crippen LogP contribution in [-0.2, 0) is 10.0 Å². The molecule has 0 aromatic carbocycles. The molecule has 5 atom stereocenters. The van der Waals surface area contributed by atoms with Crippen LogP contribution >= 0.6 is 11.6 Å². The van der Waals surface area contributed by atoms with Crippen LogP contribution in [0.3, 0.4) is 0 Å². The molecule has 7 nitrogen and oxygen atoms in total. The van der Waals surface area contributed by atoms with Gasteiger partial charge in [0.05, 0.1) is 31.4 Å². The van der Waals surface area contributed by atoms with Crippen molar-refractivity contribution in [1.29, 1.82) is 0 Å². The summed E-state index contributed by atoms with van der Waals surface area (Å²) in [4.78, 5) is 7.08. The highest BCUT2D eigenvalue weighted by Gasteiger charge is 2.44. The van der Waals surface area contributed by atoms with E-state index in [9.17, 15) is 8.42 Å². The quantitative estimate of drug-likeness (QED) is 0.407. The van der Waals surface area contributed by atoms with Gasteiger partial charge in [-0.25, -0.2) is 13.1 Å². The zero-order chi connectivity index (χ0) is 22.8. The lowest BCUT2D eigenvalue weighted by Gasteiger charge is -2.49. The number of nitrogens with one attached hydrogen (secondary N) is 2. The topological polar surface area (TPSA) is 73.7 Å². The van der Waals surface area contributed by atoms with E-state index in [1.165, 1.54) is 84.5 Å². The van der Waals surface area contributed by atoms with E-state index in [1.807, 2.05) is 0 Å². The minimum Gasteiger partial charge on any atom is -0.331 e. The van der Waals surface area contributed by atoms with Crippen LogP contribution in [0.5, 0.6) is 0 Å². The number of rotatable bonds is 7. The molecule has 5 saturated heterocycles. The lowest BCUT2D eigenvalue weighted by molar-refractivity contribution is -0.945. The molecular weight excluding hydrogens is 458 g/mol. The molecule has 5 unspecified atom stereocenters. The normalized spacial score (nSPS) is 41.3. The Morgan fingerprint density at radius 1 is 1.00 bits per heavy atom. The molecule has 5 aliphatic heterocycles. The first-order valence-electron chi connectivity index (χ1n) is 13.7. The molecule has 6 fully saturated rings. The van der Waals surface area contributed by atoms with Crippen LogP contribution in [0.25, 0.3) is 0 Å². The predicted molar refractivity (Wildman–Crippen MR) is 132 cm³/mol. The molecule has 1 saturated carbocycles. The summed E-state index contributed by atoms with van der Waals surface area (Å²) in [5, 5.41) is 2.48. The molecule has 0 amide bonds. The number of quaternary nitrogens is 2. The first kappa shape index (κ1) is 24.7. The monoisotopic (exact) mass is 503 g/mol. The Balaban J connectivity index is 1.06. The van der Waals surface area contributed by atoms with Gasteiger partial charge in [0.2, 0.25) is 10.0 Å². The number of hydrogen-bond donors (Lipinski definition) is 3. The van der Waals surface area contributed by atoms with Crippen molar-refractivity contribution in [3.05, 3.63) is 0 Å². The van der Waals surface area contributed by atoms with Gasteiger partial charge in [0.15, 0.2) is 0 Å². The summed E-state index contributed by atoms with van der Waals surface area (Å²) >= 11 is 6.17. The molecule has 6 rings (SSSR count). The highest BCUT2D eigenvalue weighted by atomic mass is 35.5. The second-order valence-corrected chi connectivity index (χ2v) is 14.2. The van der Waals surface area contributed by atoms with E-state index in [2.05, 4.69) is 19.8 Å². The second-order valence-electron chi connectivity index (χ2n) is 11.5. The van der Waals surface area contributed by atoms with Gasteiger partial charge >= 0.3 is 0 Å². The number of nitrogens with zero attached hydrogens (tertiary/aromatic N) is 2. The largest absolute Gasteiger partial charge is 0.331 e. The molecule has 0 aromatic heterocycles. The number of hydrogen-bond acceptors (Lipinski definition) is 4. The standard InChI is InChI=1S/C24H44ClN5O2S/c25-21-4-6-23(7-5-21)33(31,32)27-16-22-15-19-8-10-30(22)18-20(19)17-28-11-13-29(14-12-28)24-3-1-2-9-26-24/h19-24,26-27H,1-18H2/p+2. The van der Waals surface area contributed by atoms with Crippen molar-refractivity contribution in [3.63, 3.8) is 0 Å². The number of alkyl halides is 1. The summed E-state index contributed by atoms with van der Waals surface area (Å²) in [6, 6.07) is 0.456. The number of nitrogens with two attached hydrogens (primary N) is 1. The van der Waals surface area contributed by atoms with Crippen LogP contribution in [0.4, 0.5) is 0 Å². The van der Waals surface area contributed by atoms with Crippen molar-refractivity contribution in [2.45, 2.75) is 80.6 Å². The van der Waals surface area contributed by atoms with Gasteiger partial charge in [-0.3, -0.25) is 4.90 Å². The van der Waals surface area contributed by atoms with Gasteiger partial charge in [-0.2, -0.15) is 0 Å². The lowest BCUT2D eigenvalue weighted by atomic mass is 9.75. The van der Waals surface area contributed by atoms with Crippen molar-refractivity contribution in [3.8, 4) is 0 Å². The Morgan fingerprint density at radius 2 is 1.79 bits per heavy atom. The number of halogens is 1. The molecule has 4 N–H and O–H groups in total. The van der Waals surface area contributed by atoms with E-state index in [1.54, 1.807) is 4.90 Å². The maximum atomic E-state index is 12.8. The van der Waals surface area contributed by atoms with Crippen molar-refractivity contribution in [1.82, 2.24) is 14.5 Å². The van der Waals surface area contributed by atoms with Crippen LogP contribution in [-0.4, -0.2) is 100.0 Å². The molecule has 0 radical (unpaired) electrons. The summed E-state index contributed by atoms with van der Waals surface area (Å²) in [5.74, 6) is 1.56. The Hall–Kier alpha value is 0.0400. The number of sulfonamides is 1.